The second kappa shape index (κ2) is 7.59. The van der Waals surface area contributed by atoms with Crippen LogP contribution in [0, 0.1) is 5.92 Å². The highest BCUT2D eigenvalue weighted by Crippen LogP contribution is 2.37. The number of ether oxygens (including phenoxy) is 2. The molecule has 0 aromatic rings. The van der Waals surface area contributed by atoms with E-state index in [1.54, 1.807) is 0 Å². The summed E-state index contributed by atoms with van der Waals surface area (Å²) in [5.41, 5.74) is -0.234. The van der Waals surface area contributed by atoms with Crippen molar-refractivity contribution in [3.63, 3.8) is 0 Å². The Morgan fingerprint density at radius 2 is 1.90 bits per heavy atom. The third-order valence-electron chi connectivity index (χ3n) is 4.05. The van der Waals surface area contributed by atoms with Crippen LogP contribution in [0.25, 0.3) is 0 Å². The van der Waals surface area contributed by atoms with Crippen molar-refractivity contribution in [2.45, 2.75) is 58.6 Å². The number of rotatable bonds is 8. The molecule has 1 atom stereocenters. The van der Waals surface area contributed by atoms with Crippen LogP contribution >= 0.6 is 0 Å². The first kappa shape index (κ1) is 17.7. The van der Waals surface area contributed by atoms with Crippen molar-refractivity contribution in [1.82, 2.24) is 5.32 Å². The zero-order valence-corrected chi connectivity index (χ0v) is 13.7. The Balaban J connectivity index is 3.12. The molecule has 0 radical (unpaired) electrons. The number of carbonyl (C=O) groups is 2. The fourth-order valence-corrected chi connectivity index (χ4v) is 2.81. The van der Waals surface area contributed by atoms with Crippen LogP contribution in [-0.2, 0) is 19.1 Å². The van der Waals surface area contributed by atoms with Crippen LogP contribution in [0.3, 0.4) is 0 Å². The van der Waals surface area contributed by atoms with Gasteiger partial charge in [-0.2, -0.15) is 0 Å². The highest BCUT2D eigenvalue weighted by atomic mass is 16.5. The molecule has 0 saturated carbocycles. The van der Waals surface area contributed by atoms with E-state index in [0.717, 1.165) is 25.7 Å². The molecule has 0 aromatic heterocycles. The Morgan fingerprint density at radius 3 is 2.38 bits per heavy atom. The van der Waals surface area contributed by atoms with Crippen molar-refractivity contribution in [3.05, 3.63) is 11.1 Å². The molecule has 1 aliphatic rings. The molecule has 0 bridgehead atoms. The number of hydrogen-bond acceptors (Lipinski definition) is 4. The molecule has 5 nitrogen and oxygen atoms in total. The summed E-state index contributed by atoms with van der Waals surface area (Å²) < 4.78 is 10.4. The van der Waals surface area contributed by atoms with Gasteiger partial charge in [0.15, 0.2) is 5.72 Å². The summed E-state index contributed by atoms with van der Waals surface area (Å²) in [6.45, 7) is 5.95. The number of carbonyl (C=O) groups excluding carboxylic acids is 2. The first-order valence-corrected chi connectivity index (χ1v) is 7.64. The summed E-state index contributed by atoms with van der Waals surface area (Å²) >= 11 is 0. The minimum atomic E-state index is -1.08. The van der Waals surface area contributed by atoms with E-state index < -0.39 is 11.7 Å². The van der Waals surface area contributed by atoms with Crippen molar-refractivity contribution >= 4 is 11.9 Å². The van der Waals surface area contributed by atoms with Gasteiger partial charge in [0.2, 0.25) is 5.91 Å². The summed E-state index contributed by atoms with van der Waals surface area (Å²) in [6.07, 6.45) is 4.76. The zero-order chi connectivity index (χ0) is 16.0. The monoisotopic (exact) mass is 297 g/mol. The van der Waals surface area contributed by atoms with Gasteiger partial charge >= 0.3 is 5.97 Å². The van der Waals surface area contributed by atoms with E-state index in [0.29, 0.717) is 17.6 Å². The molecule has 0 saturated heterocycles. The summed E-state index contributed by atoms with van der Waals surface area (Å²) in [7, 11) is 2.83. The van der Waals surface area contributed by atoms with Crippen molar-refractivity contribution < 1.29 is 19.1 Å². The SMILES string of the molecule is CCCCCCC1=C(C(=O)OC)C(OC)(C(C)C)NC1=O. The average Bonchev–Trinajstić information content (AvgIpc) is 2.76. The largest absolute Gasteiger partial charge is 0.466 e. The number of methoxy groups -OCH3 is 2. The van der Waals surface area contributed by atoms with Gasteiger partial charge in [0, 0.05) is 18.6 Å². The second-order valence-corrected chi connectivity index (χ2v) is 5.70. The lowest BCUT2D eigenvalue weighted by Gasteiger charge is -2.33. The maximum Gasteiger partial charge on any atom is 0.339 e. The Kier molecular flexibility index (Phi) is 6.40. The van der Waals surface area contributed by atoms with E-state index >= 15 is 0 Å². The lowest BCUT2D eigenvalue weighted by Crippen LogP contribution is -2.52. The number of amides is 1. The predicted molar refractivity (Wildman–Crippen MR) is 80.5 cm³/mol. The van der Waals surface area contributed by atoms with Crippen LogP contribution in [0.1, 0.15) is 52.9 Å². The van der Waals surface area contributed by atoms with Crippen molar-refractivity contribution in [2.75, 3.05) is 14.2 Å². The fourth-order valence-electron chi connectivity index (χ4n) is 2.81. The first-order chi connectivity index (χ1) is 9.94. The van der Waals surface area contributed by atoms with E-state index in [4.69, 9.17) is 9.47 Å². The molecule has 1 aliphatic heterocycles. The third-order valence-corrected chi connectivity index (χ3v) is 4.05. The quantitative estimate of drug-likeness (QED) is 0.552. The highest BCUT2D eigenvalue weighted by molar-refractivity contribution is 6.08. The molecule has 1 heterocycles. The van der Waals surface area contributed by atoms with Crippen LogP contribution in [0.4, 0.5) is 0 Å². The van der Waals surface area contributed by atoms with Crippen LogP contribution < -0.4 is 5.32 Å². The molecule has 0 aliphatic carbocycles. The Bertz CT molecular complexity index is 428. The molecule has 0 spiro atoms. The van der Waals surface area contributed by atoms with E-state index in [9.17, 15) is 9.59 Å². The summed E-state index contributed by atoms with van der Waals surface area (Å²) in [5.74, 6) is -0.787. The van der Waals surface area contributed by atoms with E-state index in [1.165, 1.54) is 14.2 Å². The Labute approximate surface area is 127 Å². The first-order valence-electron chi connectivity index (χ1n) is 7.64. The van der Waals surface area contributed by atoms with Gasteiger partial charge in [0.1, 0.15) is 0 Å². The number of nitrogens with one attached hydrogen (secondary N) is 1. The standard InChI is InChI=1S/C16H27NO4/c1-6-7-8-9-10-12-13(15(19)20-4)16(21-5,11(2)3)17-14(12)18/h11H,6-10H2,1-5H3,(H,17,18). The van der Waals surface area contributed by atoms with Gasteiger partial charge in [0.05, 0.1) is 12.7 Å². The molecule has 1 amide bonds. The van der Waals surface area contributed by atoms with Crippen molar-refractivity contribution in [1.29, 1.82) is 0 Å². The molecule has 0 aromatic carbocycles. The van der Waals surface area contributed by atoms with Gasteiger partial charge in [-0.05, 0) is 12.8 Å². The molecular weight excluding hydrogens is 270 g/mol. The van der Waals surface area contributed by atoms with Crippen LogP contribution in [-0.4, -0.2) is 31.8 Å². The van der Waals surface area contributed by atoms with E-state index in [1.807, 2.05) is 13.8 Å². The maximum absolute atomic E-state index is 12.3. The van der Waals surface area contributed by atoms with E-state index in [-0.39, 0.29) is 11.8 Å². The molecule has 1 N–H and O–H groups in total. The molecule has 0 fully saturated rings. The fraction of sp³-hybridized carbons (Fsp3) is 0.750. The third kappa shape index (κ3) is 3.46. The molecule has 1 unspecified atom stereocenters. The van der Waals surface area contributed by atoms with Gasteiger partial charge in [-0.3, -0.25) is 4.79 Å². The minimum Gasteiger partial charge on any atom is -0.466 e. The normalized spacial score (nSPS) is 21.9. The smallest absolute Gasteiger partial charge is 0.339 e. The van der Waals surface area contributed by atoms with E-state index in [2.05, 4.69) is 12.2 Å². The molecule has 5 heteroatoms. The Hall–Kier alpha value is -1.36. The number of unbranched alkanes of at least 4 members (excludes halogenated alkanes) is 3. The van der Waals surface area contributed by atoms with Gasteiger partial charge < -0.3 is 14.8 Å². The molecule has 21 heavy (non-hydrogen) atoms. The zero-order valence-electron chi connectivity index (χ0n) is 13.7. The van der Waals surface area contributed by atoms with Crippen molar-refractivity contribution in [2.24, 2.45) is 5.92 Å². The lowest BCUT2D eigenvalue weighted by molar-refractivity contribution is -0.141. The second-order valence-electron chi connectivity index (χ2n) is 5.70. The van der Waals surface area contributed by atoms with Gasteiger partial charge in [-0.25, -0.2) is 4.79 Å². The lowest BCUT2D eigenvalue weighted by atomic mass is 9.89. The minimum absolute atomic E-state index is 0.0753. The predicted octanol–water partition coefficient (Wildman–Crippen LogP) is 2.55. The van der Waals surface area contributed by atoms with Gasteiger partial charge in [-0.1, -0.05) is 40.0 Å². The van der Waals surface area contributed by atoms with Crippen LogP contribution in [0.15, 0.2) is 11.1 Å². The van der Waals surface area contributed by atoms with Gasteiger partial charge in [-0.15, -0.1) is 0 Å². The summed E-state index contributed by atoms with van der Waals surface area (Å²) in [5, 5.41) is 2.84. The van der Waals surface area contributed by atoms with Crippen LogP contribution in [0.2, 0.25) is 0 Å². The highest BCUT2D eigenvalue weighted by Gasteiger charge is 2.51. The average molecular weight is 297 g/mol. The Morgan fingerprint density at radius 1 is 1.24 bits per heavy atom. The summed E-state index contributed by atoms with van der Waals surface area (Å²) in [4.78, 5) is 24.5. The molecular formula is C16H27NO4. The number of esters is 1. The maximum atomic E-state index is 12.3. The van der Waals surface area contributed by atoms with Crippen molar-refractivity contribution in [3.8, 4) is 0 Å². The summed E-state index contributed by atoms with van der Waals surface area (Å²) in [6, 6.07) is 0. The van der Waals surface area contributed by atoms with Gasteiger partial charge in [0.25, 0.3) is 0 Å². The number of hydrogen-bond donors (Lipinski definition) is 1. The van der Waals surface area contributed by atoms with Crippen LogP contribution in [0.5, 0.6) is 0 Å². The topological polar surface area (TPSA) is 64.6 Å². The molecule has 1 rings (SSSR count). The molecule has 120 valence electrons.